The molecule has 4 aromatic carbocycles. The first kappa shape index (κ1) is 71.1. The molecule has 0 aliphatic carbocycles. The predicted octanol–water partition coefficient (Wildman–Crippen LogP) is 10.0. The van der Waals surface area contributed by atoms with Crippen molar-refractivity contribution in [3.63, 3.8) is 0 Å². The molecule has 5 amide bonds. The normalized spacial score (nSPS) is 12.4. The van der Waals surface area contributed by atoms with Crippen LogP contribution in [0.1, 0.15) is 99.7 Å². The van der Waals surface area contributed by atoms with Crippen molar-refractivity contribution in [3.8, 4) is 34.5 Å². The van der Waals surface area contributed by atoms with E-state index in [1.807, 2.05) is 46.3 Å². The molecule has 0 aliphatic heterocycles. The minimum absolute atomic E-state index is 0.0998. The maximum atomic E-state index is 12.8. The fraction of sp³-hybridized carbons (Fsp3) is 0.473. The molecule has 4 rings (SSSR count). The molecule has 0 aliphatic rings. The number of alkyl carbamates (subject to hydrolysis) is 2. The van der Waals surface area contributed by atoms with Crippen LogP contribution in [0.5, 0.6) is 34.5 Å². The second-order valence-corrected chi connectivity index (χ2v) is 18.5. The molecule has 4 aromatic rings. The molecule has 0 saturated heterocycles. The Labute approximate surface area is 474 Å². The Kier molecular flexibility index (Phi) is 29.5. The van der Waals surface area contributed by atoms with E-state index in [4.69, 9.17) is 43.6 Å². The van der Waals surface area contributed by atoms with Crippen LogP contribution in [0, 0.1) is 0 Å². The molecule has 0 radical (unpaired) electrons. The number of rotatable bonds is 25. The summed E-state index contributed by atoms with van der Waals surface area (Å²) in [7, 11) is 8.54. The predicted molar refractivity (Wildman–Crippen MR) is 285 cm³/mol. The van der Waals surface area contributed by atoms with Gasteiger partial charge in [0.2, 0.25) is 0 Å². The first-order valence-corrected chi connectivity index (χ1v) is 25.3. The van der Waals surface area contributed by atoms with E-state index in [9.17, 15) is 63.5 Å². The van der Waals surface area contributed by atoms with Gasteiger partial charge in [0.15, 0.2) is 34.5 Å². The van der Waals surface area contributed by atoms with Crippen molar-refractivity contribution < 1.29 is 101 Å². The van der Waals surface area contributed by atoms with Crippen LogP contribution < -0.4 is 60.7 Å². The van der Waals surface area contributed by atoms with Gasteiger partial charge in [0.25, 0.3) is 0 Å². The van der Waals surface area contributed by atoms with Crippen molar-refractivity contribution in [3.05, 3.63) is 107 Å². The number of methoxy groups -OCH3 is 6. The van der Waals surface area contributed by atoms with Crippen molar-refractivity contribution >= 4 is 29.9 Å². The second-order valence-electron chi connectivity index (χ2n) is 18.5. The van der Waals surface area contributed by atoms with E-state index < -0.39 is 72.2 Å². The molecule has 0 aromatic heterocycles. The molecule has 0 saturated carbocycles. The summed E-state index contributed by atoms with van der Waals surface area (Å²) in [6, 6.07) is 20.3. The Morgan fingerprint density at radius 1 is 0.458 bits per heavy atom. The third-order valence-electron chi connectivity index (χ3n) is 11.3. The summed E-state index contributed by atoms with van der Waals surface area (Å²) in [5.74, 6) is -3.80. The smallest absolute Gasteiger partial charge is 0.471 e. The van der Waals surface area contributed by atoms with Gasteiger partial charge in [-0.1, -0.05) is 48.5 Å². The van der Waals surface area contributed by atoms with Gasteiger partial charge in [-0.15, -0.1) is 0 Å². The highest BCUT2D eigenvalue weighted by molar-refractivity contribution is 5.83. The van der Waals surface area contributed by atoms with E-state index in [2.05, 4.69) is 10.6 Å². The number of carbonyl (C=O) groups is 5. The SMILES string of the molecule is COc1ccc([C@@H](CCCN)NC(=O)C(F)(F)F)cc1OC.COc1ccc([C@@H](CCCNC(=O)OC(C)(C)C)NC(=O)C(F)(F)F)cc1OC.COc1ccc([C@@H](CCCNC(=O)OCc2ccccc2)NC(=O)C(F)(F)F)cc1OC. The van der Waals surface area contributed by atoms with Gasteiger partial charge < -0.3 is 70.2 Å². The number of carbonyl (C=O) groups excluding carboxylic acids is 5. The lowest BCUT2D eigenvalue weighted by atomic mass is 10.0. The van der Waals surface area contributed by atoms with E-state index in [0.717, 1.165) is 5.56 Å². The molecular formula is C55H71F9N6O13. The number of nitrogens with one attached hydrogen (secondary N) is 5. The summed E-state index contributed by atoms with van der Waals surface area (Å²) >= 11 is 0. The molecule has 0 spiro atoms. The van der Waals surface area contributed by atoms with Crippen molar-refractivity contribution in [2.75, 3.05) is 62.3 Å². The van der Waals surface area contributed by atoms with E-state index in [0.29, 0.717) is 70.6 Å². The van der Waals surface area contributed by atoms with Crippen molar-refractivity contribution in [2.45, 2.75) is 108 Å². The Bertz CT molecular complexity index is 2660. The van der Waals surface area contributed by atoms with Crippen LogP contribution in [-0.2, 0) is 30.5 Å². The van der Waals surface area contributed by atoms with Crippen LogP contribution in [0.25, 0.3) is 0 Å². The molecule has 0 heterocycles. The molecule has 83 heavy (non-hydrogen) atoms. The standard InChI is InChI=1S/C22H25F3N2O5.C19H27F3N2O5.C14H19F3N2O3/c1-30-18-11-10-16(13-19(18)31-2)17(27-20(28)22(23,24)25)9-6-12-26-21(29)32-14-15-7-4-3-5-8-15;1-18(2,3)29-17(26)23-10-6-7-13(24-16(25)19(20,21)22)12-8-9-14(27-4)15(11-12)28-5;1-21-11-6-5-9(8-12(11)22-2)10(4-3-7-18)19-13(20)14(15,16)17/h3-5,7-8,10-11,13,17H,6,9,12,14H2,1-2H3,(H,26,29)(H,27,28);8-9,11,13H,6-7,10H2,1-5H3,(H,23,26)(H,24,25);5-6,8,10H,3-4,7,18H2,1-2H3,(H,19,20)/t17-;13-;10-/m111/s1. The van der Waals surface area contributed by atoms with Crippen LogP contribution in [0.2, 0.25) is 0 Å². The average molecular weight is 1200 g/mol. The molecule has 28 heteroatoms. The molecule has 19 nitrogen and oxygen atoms in total. The molecular weight excluding hydrogens is 1120 g/mol. The minimum Gasteiger partial charge on any atom is -0.493 e. The number of amides is 5. The van der Waals surface area contributed by atoms with Gasteiger partial charge in [-0.2, -0.15) is 39.5 Å². The van der Waals surface area contributed by atoms with Gasteiger partial charge >= 0.3 is 48.4 Å². The second kappa shape index (κ2) is 34.4. The van der Waals surface area contributed by atoms with Crippen LogP contribution in [0.4, 0.5) is 49.1 Å². The summed E-state index contributed by atoms with van der Waals surface area (Å²) in [4.78, 5) is 57.6. The lowest BCUT2D eigenvalue weighted by Crippen LogP contribution is -2.39. The summed E-state index contributed by atoms with van der Waals surface area (Å²) in [6.07, 6.45) is -14.6. The molecule has 462 valence electrons. The van der Waals surface area contributed by atoms with Crippen LogP contribution >= 0.6 is 0 Å². The molecule has 3 atom stereocenters. The first-order valence-electron chi connectivity index (χ1n) is 25.3. The van der Waals surface area contributed by atoms with E-state index >= 15 is 0 Å². The van der Waals surface area contributed by atoms with Crippen LogP contribution in [-0.4, -0.2) is 116 Å². The van der Waals surface area contributed by atoms with Gasteiger partial charge in [-0.3, -0.25) is 14.4 Å². The number of halogens is 9. The summed E-state index contributed by atoms with van der Waals surface area (Å²) in [5, 5.41) is 11.0. The van der Waals surface area contributed by atoms with Gasteiger partial charge in [0.1, 0.15) is 12.2 Å². The van der Waals surface area contributed by atoms with Gasteiger partial charge in [0.05, 0.1) is 60.8 Å². The Hall–Kier alpha value is -8.04. The highest BCUT2D eigenvalue weighted by Crippen LogP contribution is 2.35. The Balaban J connectivity index is 0.000000433. The lowest BCUT2D eigenvalue weighted by molar-refractivity contribution is -0.174. The maximum absolute atomic E-state index is 12.8. The average Bonchev–Trinajstić information content (AvgIpc) is 3.45. The van der Waals surface area contributed by atoms with Gasteiger partial charge in [-0.05, 0) is 124 Å². The van der Waals surface area contributed by atoms with Crippen LogP contribution in [0.15, 0.2) is 84.9 Å². The van der Waals surface area contributed by atoms with E-state index in [1.54, 1.807) is 57.2 Å². The van der Waals surface area contributed by atoms with Gasteiger partial charge in [0, 0.05) is 13.1 Å². The third-order valence-corrected chi connectivity index (χ3v) is 11.3. The third kappa shape index (κ3) is 26.2. The van der Waals surface area contributed by atoms with Crippen LogP contribution in [0.3, 0.4) is 0 Å². The monoisotopic (exact) mass is 1190 g/mol. The number of hydrogen-bond donors (Lipinski definition) is 6. The van der Waals surface area contributed by atoms with Gasteiger partial charge in [-0.25, -0.2) is 9.59 Å². The zero-order chi connectivity index (χ0) is 62.6. The van der Waals surface area contributed by atoms with Crippen molar-refractivity contribution in [2.24, 2.45) is 5.73 Å². The summed E-state index contributed by atoms with van der Waals surface area (Å²) in [6.45, 7) is 5.87. The topological polar surface area (TPSA) is 245 Å². The van der Waals surface area contributed by atoms with E-state index in [1.165, 1.54) is 60.9 Å². The fourth-order valence-corrected chi connectivity index (χ4v) is 7.30. The van der Waals surface area contributed by atoms with Crippen molar-refractivity contribution in [1.29, 1.82) is 0 Å². The minimum atomic E-state index is -5.02. The van der Waals surface area contributed by atoms with E-state index in [-0.39, 0.29) is 45.4 Å². The zero-order valence-corrected chi connectivity index (χ0v) is 47.2. The quantitative estimate of drug-likeness (QED) is 0.0267. The zero-order valence-electron chi connectivity index (χ0n) is 47.2. The number of hydrogen-bond acceptors (Lipinski definition) is 14. The number of alkyl halides is 9. The van der Waals surface area contributed by atoms with Crippen molar-refractivity contribution in [1.82, 2.24) is 26.6 Å². The highest BCUT2D eigenvalue weighted by atomic mass is 19.4. The molecule has 7 N–H and O–H groups in total. The molecule has 0 bridgehead atoms. The summed E-state index contributed by atoms with van der Waals surface area (Å²) < 4.78 is 155. The Morgan fingerprint density at radius 2 is 0.783 bits per heavy atom. The number of ether oxygens (including phenoxy) is 8. The maximum Gasteiger partial charge on any atom is 0.471 e. The summed E-state index contributed by atoms with van der Waals surface area (Å²) in [5.41, 5.74) is 6.87. The Morgan fingerprint density at radius 3 is 1.08 bits per heavy atom. The largest absolute Gasteiger partial charge is 0.493 e. The first-order chi connectivity index (χ1) is 38.9. The fourth-order valence-electron chi connectivity index (χ4n) is 7.30. The molecule has 0 fully saturated rings. The lowest BCUT2D eigenvalue weighted by Gasteiger charge is -2.22. The highest BCUT2D eigenvalue weighted by Gasteiger charge is 2.42. The molecule has 0 unspecified atom stereocenters. The number of nitrogens with two attached hydrogens (primary N) is 1. The number of benzene rings is 4.